The predicted octanol–water partition coefficient (Wildman–Crippen LogP) is 0.718. The number of hydrogen-bond donors (Lipinski definition) is 1. The molecule has 3 rings (SSSR count). The summed E-state index contributed by atoms with van der Waals surface area (Å²) in [7, 11) is 0. The molecule has 0 unspecified atom stereocenters. The van der Waals surface area contributed by atoms with Gasteiger partial charge in [0.05, 0.1) is 12.0 Å². The molecule has 1 N–H and O–H groups in total. The molecule has 0 bridgehead atoms. The summed E-state index contributed by atoms with van der Waals surface area (Å²) in [5.74, 6) is -0.0346. The van der Waals surface area contributed by atoms with Crippen molar-refractivity contribution in [2.75, 3.05) is 0 Å². The number of carboxylic acid groups (broad SMARTS) is 1. The minimum Gasteiger partial charge on any atom is -0.481 e. The molecule has 2 heterocycles. The normalized spacial score (nSPS) is 16.0. The fraction of sp³-hybridized carbons (Fsp3) is 0.462. The maximum absolute atomic E-state index is 11.2. The smallest absolute Gasteiger partial charge is 0.311 e. The van der Waals surface area contributed by atoms with E-state index in [1.165, 1.54) is 0 Å². The Morgan fingerprint density at radius 1 is 1.40 bits per heavy atom. The van der Waals surface area contributed by atoms with Crippen molar-refractivity contribution in [3.05, 3.63) is 35.9 Å². The second-order valence-electron chi connectivity index (χ2n) is 5.20. The van der Waals surface area contributed by atoms with Crippen LogP contribution in [0.3, 0.4) is 0 Å². The third-order valence-electron chi connectivity index (χ3n) is 3.73. The third-order valence-corrected chi connectivity index (χ3v) is 3.73. The minimum atomic E-state index is -0.758. The largest absolute Gasteiger partial charge is 0.481 e. The van der Waals surface area contributed by atoms with Crippen LogP contribution in [-0.4, -0.2) is 36.3 Å². The van der Waals surface area contributed by atoms with Gasteiger partial charge in [0.25, 0.3) is 0 Å². The fourth-order valence-electron chi connectivity index (χ4n) is 2.20. The molecule has 0 saturated heterocycles. The van der Waals surface area contributed by atoms with Gasteiger partial charge < -0.3 is 5.11 Å². The minimum absolute atomic E-state index is 0.359. The highest BCUT2D eigenvalue weighted by Crippen LogP contribution is 2.47. The number of aryl methyl sites for hydroxylation is 2. The van der Waals surface area contributed by atoms with Gasteiger partial charge in [-0.25, -0.2) is 4.68 Å². The van der Waals surface area contributed by atoms with Crippen molar-refractivity contribution in [1.82, 2.24) is 25.2 Å². The van der Waals surface area contributed by atoms with Crippen molar-refractivity contribution >= 4 is 5.97 Å². The Labute approximate surface area is 115 Å². The Morgan fingerprint density at radius 2 is 2.25 bits per heavy atom. The van der Waals surface area contributed by atoms with Crippen LogP contribution in [-0.2, 0) is 24.2 Å². The zero-order valence-electron chi connectivity index (χ0n) is 10.9. The van der Waals surface area contributed by atoms with Crippen LogP contribution < -0.4 is 0 Å². The van der Waals surface area contributed by atoms with Gasteiger partial charge in [0.15, 0.2) is 5.82 Å². The SMILES string of the molecule is O=C(O)C1(Cn2nnnc2CCc2cccnc2)CC1. The summed E-state index contributed by atoms with van der Waals surface area (Å²) in [6, 6.07) is 3.89. The lowest BCUT2D eigenvalue weighted by Gasteiger charge is -2.10. The molecule has 1 aliphatic rings. The monoisotopic (exact) mass is 273 g/mol. The highest BCUT2D eigenvalue weighted by atomic mass is 16.4. The molecule has 0 spiro atoms. The first-order valence-corrected chi connectivity index (χ1v) is 6.57. The van der Waals surface area contributed by atoms with Crippen molar-refractivity contribution in [3.63, 3.8) is 0 Å². The Balaban J connectivity index is 1.67. The fourth-order valence-corrected chi connectivity index (χ4v) is 2.20. The second-order valence-corrected chi connectivity index (χ2v) is 5.20. The average molecular weight is 273 g/mol. The van der Waals surface area contributed by atoms with E-state index in [4.69, 9.17) is 0 Å². The first-order chi connectivity index (χ1) is 9.70. The van der Waals surface area contributed by atoms with Gasteiger partial charge in [0, 0.05) is 18.8 Å². The summed E-state index contributed by atoms with van der Waals surface area (Å²) in [6.07, 6.45) is 6.40. The van der Waals surface area contributed by atoms with Gasteiger partial charge in [-0.3, -0.25) is 9.78 Å². The molecule has 0 aromatic carbocycles. The topological polar surface area (TPSA) is 93.8 Å². The Morgan fingerprint density at radius 3 is 2.90 bits per heavy atom. The molecule has 0 amide bonds. The maximum Gasteiger partial charge on any atom is 0.311 e. The van der Waals surface area contributed by atoms with E-state index in [1.54, 1.807) is 10.9 Å². The molecular formula is C13H15N5O2. The van der Waals surface area contributed by atoms with Crippen LogP contribution in [0.4, 0.5) is 0 Å². The van der Waals surface area contributed by atoms with Crippen LogP contribution >= 0.6 is 0 Å². The van der Waals surface area contributed by atoms with Crippen LogP contribution in [0.5, 0.6) is 0 Å². The highest BCUT2D eigenvalue weighted by molar-refractivity contribution is 5.77. The van der Waals surface area contributed by atoms with Gasteiger partial charge in [-0.15, -0.1) is 5.10 Å². The van der Waals surface area contributed by atoms with Crippen molar-refractivity contribution in [1.29, 1.82) is 0 Å². The van der Waals surface area contributed by atoms with Gasteiger partial charge in [-0.05, 0) is 41.3 Å². The lowest BCUT2D eigenvalue weighted by atomic mass is 10.1. The number of hydrogen-bond acceptors (Lipinski definition) is 5. The summed E-state index contributed by atoms with van der Waals surface area (Å²) in [4.78, 5) is 15.3. The van der Waals surface area contributed by atoms with Gasteiger partial charge >= 0.3 is 5.97 Å². The van der Waals surface area contributed by atoms with E-state index in [0.29, 0.717) is 25.8 Å². The van der Waals surface area contributed by atoms with Gasteiger partial charge in [-0.1, -0.05) is 6.07 Å². The molecule has 7 heteroatoms. The van der Waals surface area contributed by atoms with E-state index >= 15 is 0 Å². The quantitative estimate of drug-likeness (QED) is 0.833. The van der Waals surface area contributed by atoms with Crippen LogP contribution in [0.25, 0.3) is 0 Å². The van der Waals surface area contributed by atoms with E-state index in [-0.39, 0.29) is 0 Å². The molecule has 2 aromatic heterocycles. The summed E-state index contributed by atoms with van der Waals surface area (Å²) < 4.78 is 1.62. The second kappa shape index (κ2) is 4.99. The summed E-state index contributed by atoms with van der Waals surface area (Å²) in [5, 5.41) is 20.8. The van der Waals surface area contributed by atoms with E-state index in [9.17, 15) is 9.90 Å². The lowest BCUT2D eigenvalue weighted by molar-refractivity contribution is -0.144. The molecule has 0 radical (unpaired) electrons. The third kappa shape index (κ3) is 2.52. The predicted molar refractivity (Wildman–Crippen MR) is 68.8 cm³/mol. The zero-order chi connectivity index (χ0) is 14.0. The standard InChI is InChI=1S/C13H15N5O2/c19-12(20)13(5-6-13)9-18-11(15-16-17-18)4-3-10-2-1-7-14-8-10/h1-2,7-8H,3-6,9H2,(H,19,20). The van der Waals surface area contributed by atoms with E-state index < -0.39 is 11.4 Å². The molecule has 1 fully saturated rings. The molecule has 0 aliphatic heterocycles. The molecule has 1 saturated carbocycles. The van der Waals surface area contributed by atoms with E-state index in [2.05, 4.69) is 20.5 Å². The van der Waals surface area contributed by atoms with E-state index in [0.717, 1.165) is 17.8 Å². The molecule has 1 aliphatic carbocycles. The van der Waals surface area contributed by atoms with Crippen molar-refractivity contribution in [3.8, 4) is 0 Å². The van der Waals surface area contributed by atoms with E-state index in [1.807, 2.05) is 18.3 Å². The summed E-state index contributed by atoms with van der Waals surface area (Å²) in [6.45, 7) is 0.359. The Kier molecular flexibility index (Phi) is 3.17. The Bertz CT molecular complexity index is 606. The maximum atomic E-state index is 11.2. The molecule has 2 aromatic rings. The summed E-state index contributed by atoms with van der Waals surface area (Å²) in [5.41, 5.74) is 0.458. The molecule has 7 nitrogen and oxygen atoms in total. The van der Waals surface area contributed by atoms with Crippen LogP contribution in [0, 0.1) is 5.41 Å². The number of aromatic nitrogens is 5. The summed E-state index contributed by atoms with van der Waals surface area (Å²) >= 11 is 0. The Hall–Kier alpha value is -2.31. The number of rotatable bonds is 6. The molecule has 20 heavy (non-hydrogen) atoms. The number of pyridine rings is 1. The molecule has 104 valence electrons. The molecular weight excluding hydrogens is 258 g/mol. The lowest BCUT2D eigenvalue weighted by Crippen LogP contribution is -2.23. The number of tetrazole rings is 1. The van der Waals surface area contributed by atoms with Crippen molar-refractivity contribution in [2.45, 2.75) is 32.2 Å². The number of nitrogens with zero attached hydrogens (tertiary/aromatic N) is 5. The van der Waals surface area contributed by atoms with Crippen LogP contribution in [0.15, 0.2) is 24.5 Å². The van der Waals surface area contributed by atoms with Crippen molar-refractivity contribution < 1.29 is 9.90 Å². The first kappa shape index (κ1) is 12.7. The zero-order valence-corrected chi connectivity index (χ0v) is 10.9. The number of carboxylic acids is 1. The average Bonchev–Trinajstić information content (AvgIpc) is 3.11. The van der Waals surface area contributed by atoms with Gasteiger partial charge in [-0.2, -0.15) is 0 Å². The van der Waals surface area contributed by atoms with Gasteiger partial charge in [0.2, 0.25) is 0 Å². The van der Waals surface area contributed by atoms with Crippen molar-refractivity contribution in [2.24, 2.45) is 5.41 Å². The number of aliphatic carboxylic acids is 1. The molecule has 0 atom stereocenters. The number of carbonyl (C=O) groups is 1. The highest BCUT2D eigenvalue weighted by Gasteiger charge is 2.51. The van der Waals surface area contributed by atoms with Gasteiger partial charge in [0.1, 0.15) is 0 Å². The first-order valence-electron chi connectivity index (χ1n) is 6.57. The van der Waals surface area contributed by atoms with Crippen LogP contribution in [0.2, 0.25) is 0 Å². The van der Waals surface area contributed by atoms with Crippen LogP contribution in [0.1, 0.15) is 24.2 Å².